The minimum absolute atomic E-state index is 0.294. The third kappa shape index (κ3) is 2.13. The van der Waals surface area contributed by atoms with Gasteiger partial charge in [0.15, 0.2) is 0 Å². The molecule has 2 rings (SSSR count). The van der Waals surface area contributed by atoms with E-state index in [0.717, 1.165) is 6.42 Å². The standard InChI is InChI=1S/C12H13ClN2O3/c13-8-3-2-7(6-9(8)14)10(16)15-12(11(17)18)4-1-5-12/h2-3,6H,1,4-5,14H2,(H,15,16)(H,17,18). The first-order valence-corrected chi connectivity index (χ1v) is 5.93. The lowest BCUT2D eigenvalue weighted by Crippen LogP contribution is -2.59. The first-order valence-electron chi connectivity index (χ1n) is 5.55. The Hall–Kier alpha value is -1.75. The second kappa shape index (κ2) is 4.49. The Balaban J connectivity index is 2.17. The van der Waals surface area contributed by atoms with Gasteiger partial charge in [-0.1, -0.05) is 11.6 Å². The van der Waals surface area contributed by atoms with Gasteiger partial charge in [-0.15, -0.1) is 0 Å². The highest BCUT2D eigenvalue weighted by molar-refractivity contribution is 6.33. The zero-order valence-electron chi connectivity index (χ0n) is 9.57. The average molecular weight is 269 g/mol. The van der Waals surface area contributed by atoms with Crippen LogP contribution in [-0.2, 0) is 4.79 Å². The molecular weight excluding hydrogens is 256 g/mol. The van der Waals surface area contributed by atoms with Crippen LogP contribution in [0.2, 0.25) is 5.02 Å². The number of carbonyl (C=O) groups excluding carboxylic acids is 1. The van der Waals surface area contributed by atoms with Crippen molar-refractivity contribution in [3.8, 4) is 0 Å². The molecule has 1 saturated carbocycles. The third-order valence-electron chi connectivity index (χ3n) is 3.23. The maximum atomic E-state index is 11.9. The summed E-state index contributed by atoms with van der Waals surface area (Å²) in [5, 5.41) is 12.0. The zero-order chi connectivity index (χ0) is 13.3. The van der Waals surface area contributed by atoms with Gasteiger partial charge in [-0.25, -0.2) is 4.79 Å². The largest absolute Gasteiger partial charge is 0.480 e. The summed E-state index contributed by atoms with van der Waals surface area (Å²) in [7, 11) is 0. The van der Waals surface area contributed by atoms with E-state index in [-0.39, 0.29) is 0 Å². The number of aliphatic carboxylic acids is 1. The summed E-state index contributed by atoms with van der Waals surface area (Å²) in [6.45, 7) is 0. The number of nitrogens with one attached hydrogen (secondary N) is 1. The minimum atomic E-state index is -1.12. The van der Waals surface area contributed by atoms with Gasteiger partial charge in [-0.2, -0.15) is 0 Å². The number of amides is 1. The molecule has 4 N–H and O–H groups in total. The van der Waals surface area contributed by atoms with E-state index in [1.807, 2.05) is 0 Å². The van der Waals surface area contributed by atoms with E-state index in [0.29, 0.717) is 29.1 Å². The fourth-order valence-corrected chi connectivity index (χ4v) is 2.01. The molecule has 1 aromatic carbocycles. The number of halogens is 1. The molecule has 0 saturated heterocycles. The molecular formula is C12H13ClN2O3. The molecule has 0 bridgehead atoms. The van der Waals surface area contributed by atoms with Crippen molar-refractivity contribution in [3.63, 3.8) is 0 Å². The lowest BCUT2D eigenvalue weighted by atomic mass is 9.76. The number of hydrogen-bond donors (Lipinski definition) is 3. The van der Waals surface area contributed by atoms with Crippen LogP contribution in [0.15, 0.2) is 18.2 Å². The number of anilines is 1. The summed E-state index contributed by atoms with van der Waals surface area (Å²) in [6, 6.07) is 4.47. The van der Waals surface area contributed by atoms with Crippen LogP contribution in [-0.4, -0.2) is 22.5 Å². The Bertz CT molecular complexity index is 512. The number of carboxylic acids is 1. The molecule has 0 aliphatic heterocycles. The Morgan fingerprint density at radius 1 is 1.39 bits per heavy atom. The van der Waals surface area contributed by atoms with E-state index >= 15 is 0 Å². The van der Waals surface area contributed by atoms with Crippen molar-refractivity contribution >= 4 is 29.2 Å². The maximum absolute atomic E-state index is 11.9. The molecule has 0 heterocycles. The molecule has 0 radical (unpaired) electrons. The van der Waals surface area contributed by atoms with Gasteiger partial charge < -0.3 is 16.2 Å². The fraction of sp³-hybridized carbons (Fsp3) is 0.333. The van der Waals surface area contributed by atoms with Crippen molar-refractivity contribution in [2.24, 2.45) is 0 Å². The van der Waals surface area contributed by atoms with E-state index in [4.69, 9.17) is 22.4 Å². The Kier molecular flexibility index (Phi) is 3.17. The zero-order valence-corrected chi connectivity index (χ0v) is 10.3. The Labute approximate surface area is 109 Å². The lowest BCUT2D eigenvalue weighted by Gasteiger charge is -2.38. The molecule has 0 atom stereocenters. The Morgan fingerprint density at radius 2 is 2.06 bits per heavy atom. The number of benzene rings is 1. The van der Waals surface area contributed by atoms with Gasteiger partial charge in [-0.3, -0.25) is 4.79 Å². The fourth-order valence-electron chi connectivity index (χ4n) is 1.90. The first kappa shape index (κ1) is 12.7. The van der Waals surface area contributed by atoms with Crippen LogP contribution in [0.4, 0.5) is 5.69 Å². The van der Waals surface area contributed by atoms with Gasteiger partial charge in [0.25, 0.3) is 5.91 Å². The molecule has 5 nitrogen and oxygen atoms in total. The SMILES string of the molecule is Nc1cc(C(=O)NC2(C(=O)O)CCC2)ccc1Cl. The van der Waals surface area contributed by atoms with Gasteiger partial charge in [0.1, 0.15) is 5.54 Å². The minimum Gasteiger partial charge on any atom is -0.480 e. The van der Waals surface area contributed by atoms with Gasteiger partial charge in [0, 0.05) is 5.56 Å². The van der Waals surface area contributed by atoms with E-state index in [2.05, 4.69) is 5.32 Å². The van der Waals surface area contributed by atoms with Crippen molar-refractivity contribution in [3.05, 3.63) is 28.8 Å². The van der Waals surface area contributed by atoms with Crippen LogP contribution in [0.5, 0.6) is 0 Å². The summed E-state index contributed by atoms with van der Waals surface area (Å²) in [5.41, 5.74) is 5.08. The molecule has 18 heavy (non-hydrogen) atoms. The lowest BCUT2D eigenvalue weighted by molar-refractivity contribution is -0.148. The number of nitrogens with two attached hydrogens (primary N) is 1. The predicted octanol–water partition coefficient (Wildman–Crippen LogP) is 1.66. The monoisotopic (exact) mass is 268 g/mol. The smallest absolute Gasteiger partial charge is 0.329 e. The highest BCUT2D eigenvalue weighted by Gasteiger charge is 2.45. The molecule has 1 aliphatic rings. The summed E-state index contributed by atoms with van der Waals surface area (Å²) in [4.78, 5) is 23.1. The first-order chi connectivity index (χ1) is 8.44. The van der Waals surface area contributed by atoms with Crippen LogP contribution in [0, 0.1) is 0 Å². The van der Waals surface area contributed by atoms with E-state index < -0.39 is 17.4 Å². The van der Waals surface area contributed by atoms with Crippen LogP contribution in [0.25, 0.3) is 0 Å². The van der Waals surface area contributed by atoms with Gasteiger partial charge in [0.2, 0.25) is 0 Å². The molecule has 1 aliphatic carbocycles. The molecule has 1 aromatic rings. The highest BCUT2D eigenvalue weighted by Crippen LogP contribution is 2.32. The van der Waals surface area contributed by atoms with Gasteiger partial charge in [-0.05, 0) is 37.5 Å². The normalized spacial score (nSPS) is 16.7. The van der Waals surface area contributed by atoms with Crippen molar-refractivity contribution in [1.82, 2.24) is 5.32 Å². The molecule has 0 aromatic heterocycles. The molecule has 1 fully saturated rings. The van der Waals surface area contributed by atoms with E-state index in [1.165, 1.54) is 18.2 Å². The third-order valence-corrected chi connectivity index (χ3v) is 3.57. The number of carboxylic acid groups (broad SMARTS) is 1. The number of hydrogen-bond acceptors (Lipinski definition) is 3. The second-order valence-electron chi connectivity index (χ2n) is 4.43. The number of carbonyl (C=O) groups is 2. The summed E-state index contributed by atoms with van der Waals surface area (Å²) in [5.74, 6) is -1.44. The average Bonchev–Trinajstić information content (AvgIpc) is 2.26. The molecule has 6 heteroatoms. The summed E-state index contributed by atoms with van der Waals surface area (Å²) in [6.07, 6.45) is 1.71. The van der Waals surface area contributed by atoms with E-state index in [9.17, 15) is 9.59 Å². The predicted molar refractivity (Wildman–Crippen MR) is 67.5 cm³/mol. The van der Waals surface area contributed by atoms with Crippen LogP contribution >= 0.6 is 11.6 Å². The molecule has 96 valence electrons. The van der Waals surface area contributed by atoms with Gasteiger partial charge in [0.05, 0.1) is 10.7 Å². The van der Waals surface area contributed by atoms with E-state index in [1.54, 1.807) is 0 Å². The molecule has 0 spiro atoms. The number of rotatable bonds is 3. The topological polar surface area (TPSA) is 92.4 Å². The highest BCUT2D eigenvalue weighted by atomic mass is 35.5. The molecule has 1 amide bonds. The summed E-state index contributed by atoms with van der Waals surface area (Å²) >= 11 is 5.76. The van der Waals surface area contributed by atoms with Crippen molar-refractivity contribution < 1.29 is 14.7 Å². The Morgan fingerprint density at radius 3 is 2.50 bits per heavy atom. The summed E-state index contributed by atoms with van der Waals surface area (Å²) < 4.78 is 0. The second-order valence-corrected chi connectivity index (χ2v) is 4.84. The van der Waals surface area contributed by atoms with Crippen molar-refractivity contribution in [2.45, 2.75) is 24.8 Å². The number of nitrogen functional groups attached to an aromatic ring is 1. The van der Waals surface area contributed by atoms with Gasteiger partial charge >= 0.3 is 5.97 Å². The maximum Gasteiger partial charge on any atom is 0.329 e. The molecule has 0 unspecified atom stereocenters. The quantitative estimate of drug-likeness (QED) is 0.727. The van der Waals surface area contributed by atoms with Crippen LogP contribution in [0.3, 0.4) is 0 Å². The van der Waals surface area contributed by atoms with Crippen LogP contribution in [0.1, 0.15) is 29.6 Å². The van der Waals surface area contributed by atoms with Crippen molar-refractivity contribution in [2.75, 3.05) is 5.73 Å². The van der Waals surface area contributed by atoms with Crippen molar-refractivity contribution in [1.29, 1.82) is 0 Å². The van der Waals surface area contributed by atoms with Crippen LogP contribution < -0.4 is 11.1 Å².